The van der Waals surface area contributed by atoms with Crippen LogP contribution in [0.15, 0.2) is 72.8 Å². The highest BCUT2D eigenvalue weighted by Gasteiger charge is 2.23. The summed E-state index contributed by atoms with van der Waals surface area (Å²) in [5.41, 5.74) is 2.93. The first-order chi connectivity index (χ1) is 15.1. The van der Waals surface area contributed by atoms with E-state index >= 15 is 0 Å². The highest BCUT2D eigenvalue weighted by molar-refractivity contribution is 5.95. The summed E-state index contributed by atoms with van der Waals surface area (Å²) in [5.74, 6) is 0.930. The fourth-order valence-corrected chi connectivity index (χ4v) is 2.91. The van der Waals surface area contributed by atoms with Gasteiger partial charge in [0, 0.05) is 17.4 Å². The van der Waals surface area contributed by atoms with E-state index in [4.69, 9.17) is 14.2 Å². The van der Waals surface area contributed by atoms with E-state index in [1.165, 1.54) is 0 Å². The molecule has 0 radical (unpaired) electrons. The van der Waals surface area contributed by atoms with E-state index in [-0.39, 0.29) is 23.8 Å². The molecule has 0 bridgehead atoms. The van der Waals surface area contributed by atoms with Crippen molar-refractivity contribution >= 4 is 11.8 Å². The summed E-state index contributed by atoms with van der Waals surface area (Å²) in [6.07, 6.45) is 0.610. The second-order valence-corrected chi connectivity index (χ2v) is 8.28. The van der Waals surface area contributed by atoms with Gasteiger partial charge >= 0.3 is 5.97 Å². The molecule has 0 aromatic heterocycles. The van der Waals surface area contributed by atoms with Crippen LogP contribution < -0.4 is 9.47 Å². The molecular weight excluding hydrogens is 404 g/mol. The molecule has 0 fully saturated rings. The summed E-state index contributed by atoms with van der Waals surface area (Å²) in [4.78, 5) is 23.0. The quantitative estimate of drug-likeness (QED) is 0.252. The van der Waals surface area contributed by atoms with Crippen molar-refractivity contribution in [2.24, 2.45) is 0 Å². The fraction of sp³-hybridized carbons (Fsp3) is 0.333. The number of carbonyl (C=O) groups is 2. The van der Waals surface area contributed by atoms with Crippen LogP contribution in [0.25, 0.3) is 0 Å². The van der Waals surface area contributed by atoms with Crippen molar-refractivity contribution in [3.8, 4) is 11.5 Å². The number of ketones is 1. The van der Waals surface area contributed by atoms with E-state index < -0.39 is 0 Å². The van der Waals surface area contributed by atoms with Crippen LogP contribution in [-0.4, -0.2) is 31.6 Å². The molecule has 2 rings (SSSR count). The maximum Gasteiger partial charge on any atom is 0.333 e. The zero-order valence-corrected chi connectivity index (χ0v) is 19.4. The number of hydrogen-bond donors (Lipinski definition) is 0. The van der Waals surface area contributed by atoms with Gasteiger partial charge in [-0.25, -0.2) is 4.79 Å². The Morgan fingerprint density at radius 1 is 0.781 bits per heavy atom. The minimum absolute atomic E-state index is 0.00410. The molecule has 0 unspecified atom stereocenters. The highest BCUT2D eigenvalue weighted by Crippen LogP contribution is 2.33. The van der Waals surface area contributed by atoms with Gasteiger partial charge in [0.15, 0.2) is 12.4 Å². The number of esters is 1. The Bertz CT molecular complexity index is 953. The third-order valence-corrected chi connectivity index (χ3v) is 5.14. The number of carbonyl (C=O) groups excluding carboxylic acids is 2. The summed E-state index contributed by atoms with van der Waals surface area (Å²) >= 11 is 0. The smallest absolute Gasteiger partial charge is 0.333 e. The van der Waals surface area contributed by atoms with Crippen molar-refractivity contribution in [1.82, 2.24) is 0 Å². The third kappa shape index (κ3) is 7.12. The van der Waals surface area contributed by atoms with Gasteiger partial charge in [-0.15, -0.1) is 0 Å². The van der Waals surface area contributed by atoms with Crippen LogP contribution >= 0.6 is 0 Å². The average Bonchev–Trinajstić information content (AvgIpc) is 2.77. The van der Waals surface area contributed by atoms with Crippen LogP contribution in [0.5, 0.6) is 11.5 Å². The predicted molar refractivity (Wildman–Crippen MR) is 126 cm³/mol. The average molecular weight is 437 g/mol. The zero-order valence-electron chi connectivity index (χ0n) is 19.4. The monoisotopic (exact) mass is 436 g/mol. The van der Waals surface area contributed by atoms with Crippen molar-refractivity contribution in [3.63, 3.8) is 0 Å². The molecule has 0 saturated carbocycles. The molecule has 2 aromatic carbocycles. The third-order valence-electron chi connectivity index (χ3n) is 5.14. The molecule has 0 heterocycles. The molecule has 170 valence electrons. The molecule has 5 nitrogen and oxygen atoms in total. The first kappa shape index (κ1) is 24.9. The minimum Gasteiger partial charge on any atom is -0.493 e. The van der Waals surface area contributed by atoms with Gasteiger partial charge in [0.1, 0.15) is 11.5 Å². The molecular formula is C27H32O5. The molecule has 0 aliphatic heterocycles. The Morgan fingerprint density at radius 2 is 1.28 bits per heavy atom. The summed E-state index contributed by atoms with van der Waals surface area (Å²) in [5, 5.41) is 0. The first-order valence-corrected chi connectivity index (χ1v) is 10.6. The second kappa shape index (κ2) is 11.3. The normalized spacial score (nSPS) is 10.9. The lowest BCUT2D eigenvalue weighted by Gasteiger charge is -2.26. The van der Waals surface area contributed by atoms with Crippen LogP contribution in [0.2, 0.25) is 0 Å². The lowest BCUT2D eigenvalue weighted by Crippen LogP contribution is -2.19. The number of ether oxygens (including phenoxy) is 3. The Morgan fingerprint density at radius 3 is 1.75 bits per heavy atom. The van der Waals surface area contributed by atoms with Crippen LogP contribution in [0.4, 0.5) is 0 Å². The Balaban J connectivity index is 1.90. The molecule has 0 atom stereocenters. The summed E-state index contributed by atoms with van der Waals surface area (Å²) in [6.45, 7) is 15.5. The highest BCUT2D eigenvalue weighted by atomic mass is 16.5. The van der Waals surface area contributed by atoms with Crippen LogP contribution in [0.1, 0.15) is 45.2 Å². The van der Waals surface area contributed by atoms with Gasteiger partial charge in [0.2, 0.25) is 0 Å². The van der Waals surface area contributed by atoms with E-state index in [2.05, 4.69) is 27.0 Å². The van der Waals surface area contributed by atoms with Crippen molar-refractivity contribution in [3.05, 3.63) is 84.0 Å². The number of benzene rings is 2. The second-order valence-electron chi connectivity index (χ2n) is 8.28. The molecule has 0 N–H and O–H groups in total. The molecule has 2 aromatic rings. The molecule has 5 heteroatoms. The van der Waals surface area contributed by atoms with Gasteiger partial charge < -0.3 is 14.2 Å². The molecule has 0 aliphatic rings. The van der Waals surface area contributed by atoms with Crippen LogP contribution in [0, 0.1) is 0 Å². The topological polar surface area (TPSA) is 61.8 Å². The Labute approximate surface area is 190 Å². The molecule has 0 saturated heterocycles. The first-order valence-electron chi connectivity index (χ1n) is 10.6. The summed E-state index contributed by atoms with van der Waals surface area (Å²) < 4.78 is 16.3. The van der Waals surface area contributed by atoms with Gasteiger partial charge in [-0.2, -0.15) is 0 Å². The number of rotatable bonds is 12. The zero-order chi connectivity index (χ0) is 23.7. The minimum atomic E-state index is -0.378. The van der Waals surface area contributed by atoms with Gasteiger partial charge in [-0.3, -0.25) is 4.79 Å². The van der Waals surface area contributed by atoms with Crippen LogP contribution in [0.3, 0.4) is 0 Å². The van der Waals surface area contributed by atoms with Crippen molar-refractivity contribution in [2.45, 2.75) is 39.5 Å². The molecule has 0 spiro atoms. The molecule has 0 aliphatic carbocycles. The maximum atomic E-state index is 11.6. The SMILES string of the molecule is C=C(C)C(=O)COc1ccc(C(C)(C)c2ccc(OCCCOC(=O)C(=C)C)cc2)cc1. The van der Waals surface area contributed by atoms with Gasteiger partial charge in [0.25, 0.3) is 0 Å². The summed E-state index contributed by atoms with van der Waals surface area (Å²) in [7, 11) is 0. The summed E-state index contributed by atoms with van der Waals surface area (Å²) in [6, 6.07) is 15.8. The standard InChI is InChI=1S/C27H32O5/c1-19(2)25(28)18-32-24-14-10-22(11-15-24)27(5,6)21-8-12-23(13-9-21)30-16-7-17-31-26(29)20(3)4/h8-15H,1,3,7,16-18H2,2,4-6H3. The lowest BCUT2D eigenvalue weighted by molar-refractivity contribution is -0.139. The van der Waals surface area contributed by atoms with Crippen molar-refractivity contribution < 1.29 is 23.8 Å². The maximum absolute atomic E-state index is 11.6. The predicted octanol–water partition coefficient (Wildman–Crippen LogP) is 5.42. The van der Waals surface area contributed by atoms with Crippen molar-refractivity contribution in [1.29, 1.82) is 0 Å². The van der Waals surface area contributed by atoms with Crippen molar-refractivity contribution in [2.75, 3.05) is 19.8 Å². The Kier molecular flexibility index (Phi) is 8.82. The van der Waals surface area contributed by atoms with E-state index in [9.17, 15) is 9.59 Å². The fourth-order valence-electron chi connectivity index (χ4n) is 2.91. The van der Waals surface area contributed by atoms with Crippen LogP contribution in [-0.2, 0) is 19.7 Å². The van der Waals surface area contributed by atoms with E-state index in [0.29, 0.717) is 36.5 Å². The van der Waals surface area contributed by atoms with Gasteiger partial charge in [0.05, 0.1) is 13.2 Å². The largest absolute Gasteiger partial charge is 0.493 e. The molecule has 0 amide bonds. The van der Waals surface area contributed by atoms with E-state index in [1.807, 2.05) is 48.5 Å². The Hall–Kier alpha value is -3.34. The molecule has 32 heavy (non-hydrogen) atoms. The van der Waals surface area contributed by atoms with Gasteiger partial charge in [-0.05, 0) is 54.8 Å². The lowest BCUT2D eigenvalue weighted by atomic mass is 9.78. The number of hydrogen-bond acceptors (Lipinski definition) is 5. The van der Waals surface area contributed by atoms with Gasteiger partial charge in [-0.1, -0.05) is 51.3 Å². The van der Waals surface area contributed by atoms with E-state index in [0.717, 1.165) is 16.9 Å². The van der Waals surface area contributed by atoms with E-state index in [1.54, 1.807) is 13.8 Å². The number of Topliss-reactive ketones (excluding diaryl/α,β-unsaturated/α-hetero) is 1.